The highest BCUT2D eigenvalue weighted by atomic mass is 35.5. The van der Waals surface area contributed by atoms with E-state index in [1.165, 1.54) is 0 Å². The number of halogens is 1. The van der Waals surface area contributed by atoms with Crippen LogP contribution in [-0.4, -0.2) is 37.9 Å². The summed E-state index contributed by atoms with van der Waals surface area (Å²) >= 11 is 6.31. The van der Waals surface area contributed by atoms with Crippen LogP contribution in [0.3, 0.4) is 0 Å². The zero-order chi connectivity index (χ0) is 19.8. The van der Waals surface area contributed by atoms with Gasteiger partial charge in [0.15, 0.2) is 5.65 Å². The van der Waals surface area contributed by atoms with Gasteiger partial charge < -0.3 is 15.6 Å². The molecule has 150 valence electrons. The second kappa shape index (κ2) is 7.63. The molecule has 8 heteroatoms. The number of carbonyl (C=O) groups is 1. The summed E-state index contributed by atoms with van der Waals surface area (Å²) in [6, 6.07) is 4.47. The Balaban J connectivity index is 1.27. The van der Waals surface area contributed by atoms with Crippen LogP contribution in [-0.2, 0) is 4.79 Å². The molecule has 0 saturated heterocycles. The summed E-state index contributed by atoms with van der Waals surface area (Å²) in [6.45, 7) is 0. The van der Waals surface area contributed by atoms with Crippen molar-refractivity contribution >= 4 is 34.5 Å². The van der Waals surface area contributed by atoms with Crippen molar-refractivity contribution in [2.75, 3.05) is 5.32 Å². The van der Waals surface area contributed by atoms with E-state index < -0.39 is 0 Å². The van der Waals surface area contributed by atoms with Crippen molar-refractivity contribution in [2.24, 2.45) is 5.92 Å². The highest BCUT2D eigenvalue weighted by molar-refractivity contribution is 6.29. The van der Waals surface area contributed by atoms with Crippen LogP contribution in [0, 0.1) is 5.92 Å². The number of fused-ring (bicyclic) bond motifs is 1. The Bertz CT molecular complexity index is 1040. The predicted octanol–water partition coefficient (Wildman–Crippen LogP) is 3.92. The van der Waals surface area contributed by atoms with E-state index in [9.17, 15) is 4.79 Å². The fourth-order valence-corrected chi connectivity index (χ4v) is 4.26. The molecule has 0 spiro atoms. The molecule has 29 heavy (non-hydrogen) atoms. The Hall–Kier alpha value is -2.67. The maximum absolute atomic E-state index is 12.0. The molecule has 2 fully saturated rings. The quantitative estimate of drug-likeness (QED) is 0.554. The lowest BCUT2D eigenvalue weighted by atomic mass is 9.91. The number of anilines is 1. The number of H-pyrrole nitrogens is 1. The van der Waals surface area contributed by atoms with Crippen molar-refractivity contribution in [3.05, 3.63) is 35.9 Å². The first kappa shape index (κ1) is 18.4. The van der Waals surface area contributed by atoms with Crippen molar-refractivity contribution in [1.82, 2.24) is 25.3 Å². The van der Waals surface area contributed by atoms with Crippen LogP contribution in [0.4, 0.5) is 5.82 Å². The van der Waals surface area contributed by atoms with Gasteiger partial charge in [-0.3, -0.25) is 9.78 Å². The summed E-state index contributed by atoms with van der Waals surface area (Å²) in [5, 5.41) is 7.16. The lowest BCUT2D eigenvalue weighted by Crippen LogP contribution is -2.40. The van der Waals surface area contributed by atoms with E-state index in [2.05, 4.69) is 30.6 Å². The molecule has 2 saturated carbocycles. The first-order valence-corrected chi connectivity index (χ1v) is 10.6. The number of aromatic nitrogens is 4. The van der Waals surface area contributed by atoms with Gasteiger partial charge in [-0.1, -0.05) is 11.6 Å². The molecular formula is C21H23ClN6O. The summed E-state index contributed by atoms with van der Waals surface area (Å²) in [7, 11) is 0. The standard InChI is InChI=1S/C21H23ClN6O/c22-17-9-13(16-11-25-20-19(16)23-7-8-24-20)10-18(28-17)26-14-3-5-15(6-4-14)27-21(29)12-1-2-12/h7-12,14-15H,1-6H2,(H,24,25)(H,26,28)(H,27,29)/t14-,15-. The third-order valence-electron chi connectivity index (χ3n) is 5.79. The van der Waals surface area contributed by atoms with Gasteiger partial charge in [0.05, 0.1) is 0 Å². The molecule has 0 atom stereocenters. The van der Waals surface area contributed by atoms with Crippen LogP contribution in [0.5, 0.6) is 0 Å². The van der Waals surface area contributed by atoms with Gasteiger partial charge in [-0.15, -0.1) is 0 Å². The van der Waals surface area contributed by atoms with Gasteiger partial charge in [0.1, 0.15) is 16.5 Å². The van der Waals surface area contributed by atoms with Crippen LogP contribution in [0.25, 0.3) is 22.3 Å². The largest absolute Gasteiger partial charge is 0.367 e. The molecule has 2 aliphatic rings. The number of carbonyl (C=O) groups excluding carboxylic acids is 1. The van der Waals surface area contributed by atoms with Gasteiger partial charge in [0.2, 0.25) is 5.91 Å². The maximum Gasteiger partial charge on any atom is 0.223 e. The fraction of sp³-hybridized carbons (Fsp3) is 0.429. The Morgan fingerprint density at radius 2 is 1.79 bits per heavy atom. The molecule has 0 bridgehead atoms. The lowest BCUT2D eigenvalue weighted by molar-refractivity contribution is -0.123. The molecule has 3 aromatic heterocycles. The van der Waals surface area contributed by atoms with E-state index in [1.54, 1.807) is 12.4 Å². The summed E-state index contributed by atoms with van der Waals surface area (Å²) in [4.78, 5) is 28.3. The number of nitrogens with one attached hydrogen (secondary N) is 3. The smallest absolute Gasteiger partial charge is 0.223 e. The highest BCUT2D eigenvalue weighted by Crippen LogP contribution is 2.32. The van der Waals surface area contributed by atoms with Crippen molar-refractivity contribution in [3.63, 3.8) is 0 Å². The average Bonchev–Trinajstić information content (AvgIpc) is 3.48. The van der Waals surface area contributed by atoms with Crippen LogP contribution in [0.2, 0.25) is 5.15 Å². The minimum Gasteiger partial charge on any atom is -0.367 e. The number of nitrogens with zero attached hydrogens (tertiary/aromatic N) is 3. The van der Waals surface area contributed by atoms with Gasteiger partial charge in [-0.2, -0.15) is 0 Å². The van der Waals surface area contributed by atoms with Crippen LogP contribution in [0.15, 0.2) is 30.7 Å². The van der Waals surface area contributed by atoms with Crippen molar-refractivity contribution in [3.8, 4) is 11.1 Å². The Morgan fingerprint density at radius 3 is 2.59 bits per heavy atom. The molecule has 5 rings (SSSR count). The monoisotopic (exact) mass is 410 g/mol. The van der Waals surface area contributed by atoms with E-state index in [0.717, 1.165) is 66.6 Å². The molecular weight excluding hydrogens is 388 g/mol. The predicted molar refractivity (Wildman–Crippen MR) is 113 cm³/mol. The van der Waals surface area contributed by atoms with Crippen LogP contribution in [0.1, 0.15) is 38.5 Å². The molecule has 3 N–H and O–H groups in total. The Morgan fingerprint density at radius 1 is 1.03 bits per heavy atom. The van der Waals surface area contributed by atoms with E-state index in [4.69, 9.17) is 11.6 Å². The minimum atomic E-state index is 0.240. The van der Waals surface area contributed by atoms with Crippen LogP contribution < -0.4 is 10.6 Å². The molecule has 2 aliphatic carbocycles. The van der Waals surface area contributed by atoms with Gasteiger partial charge in [0.25, 0.3) is 0 Å². The Labute approximate surface area is 173 Å². The number of amides is 1. The number of pyridine rings is 1. The van der Waals surface area contributed by atoms with Crippen molar-refractivity contribution < 1.29 is 4.79 Å². The van der Waals surface area contributed by atoms with Gasteiger partial charge in [0, 0.05) is 42.2 Å². The van der Waals surface area contributed by atoms with Gasteiger partial charge >= 0.3 is 0 Å². The number of rotatable bonds is 5. The van der Waals surface area contributed by atoms with E-state index in [1.807, 2.05) is 18.3 Å². The van der Waals surface area contributed by atoms with Crippen molar-refractivity contribution in [1.29, 1.82) is 0 Å². The first-order chi connectivity index (χ1) is 14.2. The third-order valence-corrected chi connectivity index (χ3v) is 5.98. The molecule has 3 heterocycles. The molecule has 1 amide bonds. The number of hydrogen-bond acceptors (Lipinski definition) is 5. The topological polar surface area (TPSA) is 95.6 Å². The highest BCUT2D eigenvalue weighted by Gasteiger charge is 2.32. The van der Waals surface area contributed by atoms with Crippen LogP contribution >= 0.6 is 11.6 Å². The minimum absolute atomic E-state index is 0.240. The molecule has 0 radical (unpaired) electrons. The lowest BCUT2D eigenvalue weighted by Gasteiger charge is -2.30. The second-order valence-electron chi connectivity index (χ2n) is 8.00. The fourth-order valence-electron chi connectivity index (χ4n) is 4.05. The van der Waals surface area contributed by atoms with Crippen molar-refractivity contribution in [2.45, 2.75) is 50.6 Å². The maximum atomic E-state index is 12.0. The summed E-state index contributed by atoms with van der Waals surface area (Å²) in [5.74, 6) is 1.27. The normalized spacial score (nSPS) is 21.8. The van der Waals surface area contributed by atoms with E-state index in [0.29, 0.717) is 17.2 Å². The Kier molecular flexibility index (Phi) is 4.83. The zero-order valence-electron chi connectivity index (χ0n) is 16.0. The summed E-state index contributed by atoms with van der Waals surface area (Å²) in [6.07, 6.45) is 11.3. The molecule has 0 aliphatic heterocycles. The summed E-state index contributed by atoms with van der Waals surface area (Å²) < 4.78 is 0. The molecule has 3 aromatic rings. The molecule has 0 aromatic carbocycles. The van der Waals surface area contributed by atoms with Gasteiger partial charge in [-0.25, -0.2) is 9.97 Å². The van der Waals surface area contributed by atoms with E-state index >= 15 is 0 Å². The zero-order valence-corrected chi connectivity index (χ0v) is 16.7. The van der Waals surface area contributed by atoms with Gasteiger partial charge in [-0.05, 0) is 56.2 Å². The average molecular weight is 411 g/mol. The number of aromatic amines is 1. The SMILES string of the molecule is O=C(N[C@H]1CC[C@H](Nc2cc(-c3c[nH]c4nccnc34)cc(Cl)n2)CC1)C1CC1. The number of hydrogen-bond donors (Lipinski definition) is 3. The second-order valence-corrected chi connectivity index (χ2v) is 8.38. The first-order valence-electron chi connectivity index (χ1n) is 10.2. The summed E-state index contributed by atoms with van der Waals surface area (Å²) in [5.41, 5.74) is 3.46. The van der Waals surface area contributed by atoms with E-state index in [-0.39, 0.29) is 11.8 Å². The molecule has 7 nitrogen and oxygen atoms in total. The molecule has 0 unspecified atom stereocenters. The third kappa shape index (κ3) is 4.05.